The summed E-state index contributed by atoms with van der Waals surface area (Å²) in [6, 6.07) is 2.60. The van der Waals surface area contributed by atoms with E-state index in [0.29, 0.717) is 6.04 Å². The Labute approximate surface area is 141 Å². The van der Waals surface area contributed by atoms with Crippen LogP contribution in [0.25, 0.3) is 0 Å². The molecule has 0 saturated carbocycles. The molecule has 3 nitrogen and oxygen atoms in total. The molecule has 6 heteroatoms. The van der Waals surface area contributed by atoms with Gasteiger partial charge in [0.1, 0.15) is 0 Å². The lowest BCUT2D eigenvalue weighted by molar-refractivity contribution is 0.499. The van der Waals surface area contributed by atoms with Crippen LogP contribution in [0.3, 0.4) is 0 Å². The molecule has 2 aromatic heterocycles. The van der Waals surface area contributed by atoms with Gasteiger partial charge >= 0.3 is 0 Å². The molecule has 0 aromatic carbocycles. The number of nitrogens with one attached hydrogen (secondary N) is 1. The van der Waals surface area contributed by atoms with E-state index in [0.717, 1.165) is 25.8 Å². The number of thiophene rings is 1. The van der Waals surface area contributed by atoms with Crippen LogP contribution in [0.15, 0.2) is 26.0 Å². The molecular formula is C14H19Br2N3S. The minimum Gasteiger partial charge on any atom is -0.310 e. The fourth-order valence-electron chi connectivity index (χ4n) is 2.19. The van der Waals surface area contributed by atoms with Gasteiger partial charge in [0.25, 0.3) is 0 Å². The van der Waals surface area contributed by atoms with Crippen molar-refractivity contribution in [1.29, 1.82) is 0 Å². The second kappa shape index (κ2) is 7.73. The van der Waals surface area contributed by atoms with E-state index < -0.39 is 0 Å². The molecule has 20 heavy (non-hydrogen) atoms. The number of hydrogen-bond acceptors (Lipinski definition) is 3. The number of rotatable bonds is 7. The van der Waals surface area contributed by atoms with Crippen molar-refractivity contribution in [1.82, 2.24) is 15.1 Å². The smallest absolute Gasteiger partial charge is 0.0758 e. The summed E-state index contributed by atoms with van der Waals surface area (Å²) in [5, 5.41) is 7.88. The number of aryl methyl sites for hydroxylation is 2. The molecule has 0 spiro atoms. The Morgan fingerprint density at radius 1 is 1.45 bits per heavy atom. The number of nitrogens with zero attached hydrogens (tertiary/aromatic N) is 2. The standard InChI is InChI=1S/C14H19Br2N3S/c1-3-6-17-12(11-7-13(15)20-14(11)16)5-4-10-8-18-19(2)9-10/h7-9,12,17H,3-6H2,1-2H3. The molecule has 0 saturated heterocycles. The molecule has 0 amide bonds. The Bertz CT molecular complexity index is 550. The summed E-state index contributed by atoms with van der Waals surface area (Å²) in [7, 11) is 1.96. The minimum atomic E-state index is 0.382. The molecule has 0 aliphatic heterocycles. The van der Waals surface area contributed by atoms with Gasteiger partial charge in [0.05, 0.1) is 13.8 Å². The van der Waals surface area contributed by atoms with Gasteiger partial charge in [0.15, 0.2) is 0 Å². The highest BCUT2D eigenvalue weighted by molar-refractivity contribution is 9.12. The van der Waals surface area contributed by atoms with Crippen LogP contribution >= 0.6 is 43.2 Å². The van der Waals surface area contributed by atoms with Crippen LogP contribution in [0.2, 0.25) is 0 Å². The van der Waals surface area contributed by atoms with Gasteiger partial charge in [-0.15, -0.1) is 11.3 Å². The monoisotopic (exact) mass is 419 g/mol. The minimum absolute atomic E-state index is 0.382. The summed E-state index contributed by atoms with van der Waals surface area (Å²) in [6.07, 6.45) is 7.31. The molecule has 0 fully saturated rings. The third-order valence-corrected chi connectivity index (χ3v) is 5.56. The average molecular weight is 421 g/mol. The fraction of sp³-hybridized carbons (Fsp3) is 0.500. The molecule has 2 rings (SSSR count). The van der Waals surface area contributed by atoms with Crippen LogP contribution in [0.5, 0.6) is 0 Å². The zero-order valence-electron chi connectivity index (χ0n) is 11.7. The Hall–Kier alpha value is -0.170. The third kappa shape index (κ3) is 4.41. The van der Waals surface area contributed by atoms with Gasteiger partial charge in [-0.1, -0.05) is 6.92 Å². The second-order valence-electron chi connectivity index (χ2n) is 4.85. The van der Waals surface area contributed by atoms with Crippen molar-refractivity contribution in [3.8, 4) is 0 Å². The highest BCUT2D eigenvalue weighted by Gasteiger charge is 2.17. The quantitative estimate of drug-likeness (QED) is 0.704. The van der Waals surface area contributed by atoms with E-state index in [1.54, 1.807) is 11.3 Å². The predicted octanol–water partition coefficient (Wildman–Crippen LogP) is 4.68. The van der Waals surface area contributed by atoms with Crippen molar-refractivity contribution in [3.05, 3.63) is 37.2 Å². The summed E-state index contributed by atoms with van der Waals surface area (Å²) >= 11 is 8.97. The lowest BCUT2D eigenvalue weighted by atomic mass is 10.0. The molecule has 1 unspecified atom stereocenters. The molecule has 1 N–H and O–H groups in total. The lowest BCUT2D eigenvalue weighted by Crippen LogP contribution is -2.22. The molecule has 110 valence electrons. The molecule has 1 atom stereocenters. The first-order valence-corrected chi connectivity index (χ1v) is 9.16. The van der Waals surface area contributed by atoms with Gasteiger partial charge < -0.3 is 5.32 Å². The molecule has 0 aliphatic carbocycles. The summed E-state index contributed by atoms with van der Waals surface area (Å²) in [5.41, 5.74) is 2.64. The summed E-state index contributed by atoms with van der Waals surface area (Å²) in [5.74, 6) is 0. The number of aromatic nitrogens is 2. The molecular weight excluding hydrogens is 402 g/mol. The zero-order valence-corrected chi connectivity index (χ0v) is 15.7. The van der Waals surface area contributed by atoms with Crippen molar-refractivity contribution >= 4 is 43.2 Å². The molecule has 0 radical (unpaired) electrons. The van der Waals surface area contributed by atoms with E-state index >= 15 is 0 Å². The van der Waals surface area contributed by atoms with E-state index in [1.807, 2.05) is 17.9 Å². The fourth-order valence-corrected chi connectivity index (χ4v) is 5.16. The molecule has 2 heterocycles. The van der Waals surface area contributed by atoms with Gasteiger partial charge in [0, 0.05) is 19.3 Å². The van der Waals surface area contributed by atoms with Crippen LogP contribution in [-0.2, 0) is 13.5 Å². The maximum absolute atomic E-state index is 4.23. The van der Waals surface area contributed by atoms with E-state index in [1.165, 1.54) is 18.7 Å². The Morgan fingerprint density at radius 2 is 2.25 bits per heavy atom. The van der Waals surface area contributed by atoms with Gasteiger partial charge in [-0.25, -0.2) is 0 Å². The van der Waals surface area contributed by atoms with Crippen molar-refractivity contribution < 1.29 is 0 Å². The van der Waals surface area contributed by atoms with Crippen molar-refractivity contribution in [2.24, 2.45) is 7.05 Å². The van der Waals surface area contributed by atoms with Crippen LogP contribution in [-0.4, -0.2) is 16.3 Å². The third-order valence-electron chi connectivity index (χ3n) is 3.18. The van der Waals surface area contributed by atoms with Crippen molar-refractivity contribution in [3.63, 3.8) is 0 Å². The first-order valence-electron chi connectivity index (χ1n) is 6.75. The van der Waals surface area contributed by atoms with Crippen molar-refractivity contribution in [2.45, 2.75) is 32.2 Å². The van der Waals surface area contributed by atoms with E-state index in [9.17, 15) is 0 Å². The van der Waals surface area contributed by atoms with E-state index in [2.05, 4.69) is 61.5 Å². The Morgan fingerprint density at radius 3 is 2.80 bits per heavy atom. The zero-order chi connectivity index (χ0) is 14.5. The highest BCUT2D eigenvalue weighted by atomic mass is 79.9. The molecule has 0 aliphatic rings. The Kier molecular flexibility index (Phi) is 6.26. The maximum atomic E-state index is 4.23. The first-order chi connectivity index (χ1) is 9.60. The average Bonchev–Trinajstić information content (AvgIpc) is 2.96. The summed E-state index contributed by atoms with van der Waals surface area (Å²) in [6.45, 7) is 3.24. The molecule has 2 aromatic rings. The van der Waals surface area contributed by atoms with Gasteiger partial charge in [-0.3, -0.25) is 4.68 Å². The largest absolute Gasteiger partial charge is 0.310 e. The van der Waals surface area contributed by atoms with Gasteiger partial charge in [-0.05, 0) is 74.9 Å². The second-order valence-corrected chi connectivity index (χ2v) is 8.60. The maximum Gasteiger partial charge on any atom is 0.0758 e. The predicted molar refractivity (Wildman–Crippen MR) is 92.3 cm³/mol. The molecule has 0 bridgehead atoms. The van der Waals surface area contributed by atoms with Gasteiger partial charge in [0.2, 0.25) is 0 Å². The SMILES string of the molecule is CCCNC(CCc1cnn(C)c1)c1cc(Br)sc1Br. The van der Waals surface area contributed by atoms with Crippen LogP contribution < -0.4 is 5.32 Å². The summed E-state index contributed by atoms with van der Waals surface area (Å²) in [4.78, 5) is 0. The summed E-state index contributed by atoms with van der Waals surface area (Å²) < 4.78 is 4.24. The van der Waals surface area contributed by atoms with Crippen LogP contribution in [0.4, 0.5) is 0 Å². The van der Waals surface area contributed by atoms with Crippen LogP contribution in [0.1, 0.15) is 36.9 Å². The van der Waals surface area contributed by atoms with E-state index in [-0.39, 0.29) is 0 Å². The number of halogens is 2. The number of hydrogen-bond donors (Lipinski definition) is 1. The van der Waals surface area contributed by atoms with Crippen molar-refractivity contribution in [2.75, 3.05) is 6.54 Å². The highest BCUT2D eigenvalue weighted by Crippen LogP contribution is 2.36. The normalized spacial score (nSPS) is 12.8. The van der Waals surface area contributed by atoms with Crippen LogP contribution in [0, 0.1) is 0 Å². The van der Waals surface area contributed by atoms with Gasteiger partial charge in [-0.2, -0.15) is 5.10 Å². The first kappa shape index (κ1) is 16.2. The lowest BCUT2D eigenvalue weighted by Gasteiger charge is -2.18. The van der Waals surface area contributed by atoms with E-state index in [4.69, 9.17) is 0 Å². The Balaban J connectivity index is 2.05. The topological polar surface area (TPSA) is 29.9 Å².